The van der Waals surface area contributed by atoms with Gasteiger partial charge in [0.1, 0.15) is 17.5 Å². The van der Waals surface area contributed by atoms with Crippen LogP contribution in [-0.2, 0) is 11.2 Å². The number of hydrogen-bond donors (Lipinski definition) is 1. The Morgan fingerprint density at radius 3 is 3.05 bits per heavy atom. The second kappa shape index (κ2) is 6.60. The molecule has 2 unspecified atom stereocenters. The van der Waals surface area contributed by atoms with Gasteiger partial charge in [-0.1, -0.05) is 13.8 Å². The Balaban J connectivity index is 1.85. The van der Waals surface area contributed by atoms with Gasteiger partial charge in [-0.05, 0) is 25.7 Å². The normalized spacial score (nSPS) is 25.0. The molecule has 0 radical (unpaired) electrons. The van der Waals surface area contributed by atoms with E-state index in [1.165, 1.54) is 19.3 Å². The number of ether oxygens (including phenoxy) is 1. The lowest BCUT2D eigenvalue weighted by atomic mass is 10.1. The Bertz CT molecular complexity index is 479. The fourth-order valence-electron chi connectivity index (χ4n) is 3.34. The molecule has 3 rings (SSSR count). The predicted molar refractivity (Wildman–Crippen MR) is 84.9 cm³/mol. The van der Waals surface area contributed by atoms with Crippen molar-refractivity contribution in [2.24, 2.45) is 0 Å². The fraction of sp³-hybridized carbons (Fsp3) is 0.750. The maximum atomic E-state index is 5.90. The van der Waals surface area contributed by atoms with Gasteiger partial charge in [0.05, 0.1) is 18.8 Å². The Morgan fingerprint density at radius 2 is 2.24 bits per heavy atom. The summed E-state index contributed by atoms with van der Waals surface area (Å²) in [6, 6.07) is 2.60. The van der Waals surface area contributed by atoms with E-state index in [1.54, 1.807) is 0 Å². The first-order valence-electron chi connectivity index (χ1n) is 8.32. The lowest BCUT2D eigenvalue weighted by molar-refractivity contribution is 0.0253. The van der Waals surface area contributed by atoms with Gasteiger partial charge in [-0.3, -0.25) is 0 Å². The smallest absolute Gasteiger partial charge is 0.134 e. The summed E-state index contributed by atoms with van der Waals surface area (Å²) in [6.45, 7) is 6.98. The predicted octanol–water partition coefficient (Wildman–Crippen LogP) is 2.62. The van der Waals surface area contributed by atoms with E-state index in [4.69, 9.17) is 9.72 Å². The van der Waals surface area contributed by atoms with Crippen LogP contribution in [0.1, 0.15) is 45.4 Å². The number of aryl methyl sites for hydroxylation is 1. The van der Waals surface area contributed by atoms with E-state index < -0.39 is 0 Å². The van der Waals surface area contributed by atoms with Crippen molar-refractivity contribution in [2.45, 2.75) is 58.1 Å². The molecule has 2 atom stereocenters. The van der Waals surface area contributed by atoms with Gasteiger partial charge < -0.3 is 15.0 Å². The van der Waals surface area contributed by atoms with Crippen LogP contribution in [0.3, 0.4) is 0 Å². The highest BCUT2D eigenvalue weighted by Crippen LogP contribution is 2.32. The quantitative estimate of drug-likeness (QED) is 0.903. The maximum Gasteiger partial charge on any atom is 0.134 e. The van der Waals surface area contributed by atoms with Crippen LogP contribution in [-0.4, -0.2) is 41.8 Å². The second-order valence-electron chi connectivity index (χ2n) is 5.91. The molecule has 2 fully saturated rings. The van der Waals surface area contributed by atoms with Crippen LogP contribution < -0.4 is 10.2 Å². The Kier molecular flexibility index (Phi) is 4.58. The third-order valence-electron chi connectivity index (χ3n) is 4.41. The summed E-state index contributed by atoms with van der Waals surface area (Å²) in [4.78, 5) is 11.8. The van der Waals surface area contributed by atoms with Crippen LogP contribution in [0.15, 0.2) is 6.07 Å². The van der Waals surface area contributed by atoms with E-state index >= 15 is 0 Å². The monoisotopic (exact) mass is 290 g/mol. The minimum atomic E-state index is 0.394. The van der Waals surface area contributed by atoms with Gasteiger partial charge in [0.25, 0.3) is 0 Å². The highest BCUT2D eigenvalue weighted by molar-refractivity contribution is 5.51. The van der Waals surface area contributed by atoms with Crippen LogP contribution in [0.4, 0.5) is 11.6 Å². The first-order valence-corrected chi connectivity index (χ1v) is 8.32. The summed E-state index contributed by atoms with van der Waals surface area (Å²) < 4.78 is 5.90. The minimum absolute atomic E-state index is 0.394. The van der Waals surface area contributed by atoms with Gasteiger partial charge in [0, 0.05) is 25.6 Å². The summed E-state index contributed by atoms with van der Waals surface area (Å²) in [5.74, 6) is 2.95. The average molecular weight is 290 g/mol. The van der Waals surface area contributed by atoms with Gasteiger partial charge >= 0.3 is 0 Å². The van der Waals surface area contributed by atoms with Crippen molar-refractivity contribution in [2.75, 3.05) is 29.9 Å². The zero-order valence-electron chi connectivity index (χ0n) is 13.1. The van der Waals surface area contributed by atoms with Gasteiger partial charge in [-0.25, -0.2) is 9.97 Å². The minimum Gasteiger partial charge on any atom is -0.374 e. The third-order valence-corrected chi connectivity index (χ3v) is 4.41. The van der Waals surface area contributed by atoms with Crippen molar-refractivity contribution >= 4 is 11.6 Å². The van der Waals surface area contributed by atoms with Gasteiger partial charge in [0.15, 0.2) is 0 Å². The summed E-state index contributed by atoms with van der Waals surface area (Å²) in [5, 5.41) is 3.40. The number of rotatable bonds is 5. The number of hydrogen-bond acceptors (Lipinski definition) is 5. The zero-order valence-corrected chi connectivity index (χ0v) is 13.1. The molecule has 5 nitrogen and oxygen atoms in total. The van der Waals surface area contributed by atoms with Crippen molar-refractivity contribution in [3.05, 3.63) is 11.9 Å². The van der Waals surface area contributed by atoms with Crippen molar-refractivity contribution < 1.29 is 4.74 Å². The highest BCUT2D eigenvalue weighted by atomic mass is 16.5. The SMILES string of the molecule is CCCNc1cc(N2CCOC3CCCC32)nc(CC)n1. The number of aromatic nitrogens is 2. The Morgan fingerprint density at radius 1 is 1.33 bits per heavy atom. The van der Waals surface area contributed by atoms with E-state index in [9.17, 15) is 0 Å². The lowest BCUT2D eigenvalue weighted by Gasteiger charge is -2.38. The second-order valence-corrected chi connectivity index (χ2v) is 5.91. The van der Waals surface area contributed by atoms with Crippen molar-refractivity contribution in [3.8, 4) is 0 Å². The summed E-state index contributed by atoms with van der Waals surface area (Å²) in [5.41, 5.74) is 0. The molecule has 2 aliphatic rings. The number of morpholine rings is 1. The van der Waals surface area contributed by atoms with E-state index in [0.29, 0.717) is 12.1 Å². The molecule has 21 heavy (non-hydrogen) atoms. The first-order chi connectivity index (χ1) is 10.3. The van der Waals surface area contributed by atoms with Crippen LogP contribution in [0.5, 0.6) is 0 Å². The molecular formula is C16H26N4O. The fourth-order valence-corrected chi connectivity index (χ4v) is 3.34. The van der Waals surface area contributed by atoms with E-state index in [0.717, 1.165) is 50.0 Å². The third kappa shape index (κ3) is 3.12. The molecule has 1 aliphatic carbocycles. The summed E-state index contributed by atoms with van der Waals surface area (Å²) >= 11 is 0. The van der Waals surface area contributed by atoms with Crippen LogP contribution >= 0.6 is 0 Å². The van der Waals surface area contributed by atoms with Crippen molar-refractivity contribution in [1.82, 2.24) is 9.97 Å². The number of fused-ring (bicyclic) bond motifs is 1. The molecule has 1 N–H and O–H groups in total. The molecule has 0 spiro atoms. The zero-order chi connectivity index (χ0) is 14.7. The van der Waals surface area contributed by atoms with Crippen molar-refractivity contribution in [1.29, 1.82) is 0 Å². The Hall–Kier alpha value is -1.36. The topological polar surface area (TPSA) is 50.3 Å². The molecule has 0 bridgehead atoms. The molecule has 0 amide bonds. The number of nitrogens with zero attached hydrogens (tertiary/aromatic N) is 3. The van der Waals surface area contributed by atoms with Gasteiger partial charge in [-0.15, -0.1) is 0 Å². The van der Waals surface area contributed by atoms with Crippen LogP contribution in [0.2, 0.25) is 0 Å². The van der Waals surface area contributed by atoms with Crippen LogP contribution in [0.25, 0.3) is 0 Å². The van der Waals surface area contributed by atoms with Gasteiger partial charge in [-0.2, -0.15) is 0 Å². The average Bonchev–Trinajstić information content (AvgIpc) is 3.01. The molecule has 116 valence electrons. The molecule has 1 aromatic rings. The maximum absolute atomic E-state index is 5.90. The molecular weight excluding hydrogens is 264 g/mol. The molecule has 5 heteroatoms. The lowest BCUT2D eigenvalue weighted by Crippen LogP contribution is -2.49. The van der Waals surface area contributed by atoms with Crippen LogP contribution in [0, 0.1) is 0 Å². The van der Waals surface area contributed by atoms with E-state index in [-0.39, 0.29) is 0 Å². The molecule has 1 aliphatic heterocycles. The molecule has 2 heterocycles. The number of nitrogens with one attached hydrogen (secondary N) is 1. The van der Waals surface area contributed by atoms with E-state index in [2.05, 4.69) is 35.1 Å². The number of anilines is 2. The Labute approximate surface area is 127 Å². The highest BCUT2D eigenvalue weighted by Gasteiger charge is 2.36. The molecule has 0 aromatic carbocycles. The first kappa shape index (κ1) is 14.6. The summed E-state index contributed by atoms with van der Waals surface area (Å²) in [7, 11) is 0. The molecule has 1 aromatic heterocycles. The molecule has 1 saturated heterocycles. The standard InChI is InChI=1S/C16H26N4O/c1-3-8-17-15-11-16(19-14(4-2)18-15)20-9-10-21-13-7-5-6-12(13)20/h11-13H,3-10H2,1-2H3,(H,17,18,19). The summed E-state index contributed by atoms with van der Waals surface area (Å²) in [6.07, 6.45) is 6.03. The largest absolute Gasteiger partial charge is 0.374 e. The van der Waals surface area contributed by atoms with Gasteiger partial charge in [0.2, 0.25) is 0 Å². The van der Waals surface area contributed by atoms with E-state index in [1.807, 2.05) is 0 Å². The molecule has 1 saturated carbocycles. The van der Waals surface area contributed by atoms with Crippen molar-refractivity contribution in [3.63, 3.8) is 0 Å².